The van der Waals surface area contributed by atoms with Gasteiger partial charge >= 0.3 is 0 Å². The fraction of sp³-hybridized carbons (Fsp3) is 0.611. The van der Waals surface area contributed by atoms with Crippen molar-refractivity contribution in [1.82, 2.24) is 24.6 Å². The van der Waals surface area contributed by atoms with Crippen LogP contribution in [-0.2, 0) is 13.6 Å². The second-order valence-corrected chi connectivity index (χ2v) is 7.11. The number of hydrogen-bond donors (Lipinski definition) is 0. The largest absolute Gasteiger partial charge is 0.350 e. The lowest BCUT2D eigenvalue weighted by Crippen LogP contribution is -2.46. The molecule has 24 heavy (non-hydrogen) atoms. The SMILES string of the molecule is Cc1cc(CN2CCC(N(c3ccncn3)C3CC3)CC2)nn1C. The summed E-state index contributed by atoms with van der Waals surface area (Å²) in [6.07, 6.45) is 8.53. The Morgan fingerprint density at radius 1 is 1.17 bits per heavy atom. The van der Waals surface area contributed by atoms with Gasteiger partial charge in [0.25, 0.3) is 0 Å². The monoisotopic (exact) mass is 326 g/mol. The molecule has 2 aliphatic rings. The summed E-state index contributed by atoms with van der Waals surface area (Å²) >= 11 is 0. The molecule has 0 radical (unpaired) electrons. The quantitative estimate of drug-likeness (QED) is 0.843. The molecule has 1 saturated carbocycles. The maximum Gasteiger partial charge on any atom is 0.132 e. The average Bonchev–Trinajstić information content (AvgIpc) is 3.37. The van der Waals surface area contributed by atoms with E-state index in [4.69, 9.17) is 0 Å². The highest BCUT2D eigenvalue weighted by molar-refractivity contribution is 5.41. The highest BCUT2D eigenvalue weighted by Gasteiger charge is 2.36. The maximum absolute atomic E-state index is 4.59. The number of hydrogen-bond acceptors (Lipinski definition) is 5. The lowest BCUT2D eigenvalue weighted by atomic mass is 10.0. The van der Waals surface area contributed by atoms with E-state index in [1.165, 1.54) is 37.1 Å². The molecule has 6 nitrogen and oxygen atoms in total. The summed E-state index contributed by atoms with van der Waals surface area (Å²) in [5.41, 5.74) is 2.41. The van der Waals surface area contributed by atoms with Crippen molar-refractivity contribution in [2.75, 3.05) is 18.0 Å². The van der Waals surface area contributed by atoms with Crippen molar-refractivity contribution in [2.24, 2.45) is 7.05 Å². The Labute approximate surface area is 143 Å². The topological polar surface area (TPSA) is 50.1 Å². The van der Waals surface area contributed by atoms with Crippen LogP contribution in [0.3, 0.4) is 0 Å². The molecule has 128 valence electrons. The van der Waals surface area contributed by atoms with E-state index in [1.54, 1.807) is 6.33 Å². The van der Waals surface area contributed by atoms with Crippen molar-refractivity contribution < 1.29 is 0 Å². The van der Waals surface area contributed by atoms with Crippen LogP contribution in [-0.4, -0.2) is 49.8 Å². The fourth-order valence-corrected chi connectivity index (χ4v) is 3.76. The third kappa shape index (κ3) is 3.29. The molecule has 1 aliphatic heterocycles. The zero-order valence-electron chi connectivity index (χ0n) is 14.6. The van der Waals surface area contributed by atoms with E-state index in [0.29, 0.717) is 12.1 Å². The number of anilines is 1. The lowest BCUT2D eigenvalue weighted by molar-refractivity contribution is 0.198. The van der Waals surface area contributed by atoms with E-state index in [-0.39, 0.29) is 0 Å². The van der Waals surface area contributed by atoms with Gasteiger partial charge in [-0.2, -0.15) is 5.10 Å². The van der Waals surface area contributed by atoms with Crippen molar-refractivity contribution in [2.45, 2.75) is 51.2 Å². The number of aryl methyl sites for hydroxylation is 2. The van der Waals surface area contributed by atoms with Gasteiger partial charge in [0.1, 0.15) is 12.1 Å². The molecule has 2 aromatic rings. The molecule has 0 spiro atoms. The second kappa shape index (κ2) is 6.51. The van der Waals surface area contributed by atoms with E-state index in [9.17, 15) is 0 Å². The van der Waals surface area contributed by atoms with Gasteiger partial charge in [-0.1, -0.05) is 0 Å². The average molecular weight is 326 g/mol. The number of piperidine rings is 1. The minimum atomic E-state index is 0.606. The third-order valence-corrected chi connectivity index (χ3v) is 5.27. The third-order valence-electron chi connectivity index (χ3n) is 5.27. The van der Waals surface area contributed by atoms with Crippen LogP contribution in [0.25, 0.3) is 0 Å². The summed E-state index contributed by atoms with van der Waals surface area (Å²) in [6.45, 7) is 5.34. The van der Waals surface area contributed by atoms with Crippen LogP contribution in [0, 0.1) is 6.92 Å². The van der Waals surface area contributed by atoms with E-state index < -0.39 is 0 Å². The highest BCUT2D eigenvalue weighted by Crippen LogP contribution is 2.35. The second-order valence-electron chi connectivity index (χ2n) is 7.11. The molecule has 0 amide bonds. The van der Waals surface area contributed by atoms with Gasteiger partial charge in [-0.3, -0.25) is 9.58 Å². The summed E-state index contributed by atoms with van der Waals surface area (Å²) in [4.78, 5) is 13.7. The summed E-state index contributed by atoms with van der Waals surface area (Å²) in [7, 11) is 2.01. The lowest BCUT2D eigenvalue weighted by Gasteiger charge is -2.39. The zero-order chi connectivity index (χ0) is 16.5. The van der Waals surface area contributed by atoms with Gasteiger partial charge in [0.05, 0.1) is 5.69 Å². The molecule has 0 atom stereocenters. The van der Waals surface area contributed by atoms with Crippen LogP contribution in [0.5, 0.6) is 0 Å². The molecule has 0 bridgehead atoms. The van der Waals surface area contributed by atoms with Gasteiger partial charge in [0.15, 0.2) is 0 Å². The van der Waals surface area contributed by atoms with E-state index in [1.807, 2.05) is 17.9 Å². The normalized spacial score (nSPS) is 19.6. The first-order valence-electron chi connectivity index (χ1n) is 8.97. The van der Waals surface area contributed by atoms with E-state index in [2.05, 4.69) is 43.9 Å². The Morgan fingerprint density at radius 3 is 2.50 bits per heavy atom. The zero-order valence-corrected chi connectivity index (χ0v) is 14.6. The molecule has 2 fully saturated rings. The van der Waals surface area contributed by atoms with Gasteiger partial charge in [-0.15, -0.1) is 0 Å². The molecule has 4 rings (SSSR count). The van der Waals surface area contributed by atoms with Crippen molar-refractivity contribution in [3.05, 3.63) is 36.0 Å². The molecule has 1 saturated heterocycles. The highest BCUT2D eigenvalue weighted by atomic mass is 15.3. The Hall–Kier alpha value is -1.95. The fourth-order valence-electron chi connectivity index (χ4n) is 3.76. The first kappa shape index (κ1) is 15.6. The first-order chi connectivity index (χ1) is 11.7. The molecule has 3 heterocycles. The first-order valence-corrected chi connectivity index (χ1v) is 8.97. The van der Waals surface area contributed by atoms with Crippen molar-refractivity contribution in [1.29, 1.82) is 0 Å². The minimum Gasteiger partial charge on any atom is -0.350 e. The molecule has 0 N–H and O–H groups in total. The summed E-state index contributed by atoms with van der Waals surface area (Å²) < 4.78 is 1.96. The molecule has 0 aromatic carbocycles. The van der Waals surface area contributed by atoms with Crippen molar-refractivity contribution >= 4 is 5.82 Å². The summed E-state index contributed by atoms with van der Waals surface area (Å²) in [6, 6.07) is 5.55. The van der Waals surface area contributed by atoms with Gasteiger partial charge in [-0.05, 0) is 44.7 Å². The van der Waals surface area contributed by atoms with Crippen molar-refractivity contribution in [3.8, 4) is 0 Å². The predicted octanol–water partition coefficient (Wildman–Crippen LogP) is 2.15. The minimum absolute atomic E-state index is 0.606. The number of aromatic nitrogens is 4. The van der Waals surface area contributed by atoms with Crippen LogP contribution in [0.1, 0.15) is 37.1 Å². The Bertz CT molecular complexity index is 651. The maximum atomic E-state index is 4.59. The molecular formula is C18H26N6. The van der Waals surface area contributed by atoms with Gasteiger partial charge in [0, 0.05) is 50.7 Å². The molecular weight excluding hydrogens is 300 g/mol. The number of rotatable bonds is 5. The van der Waals surface area contributed by atoms with Crippen LogP contribution in [0.15, 0.2) is 24.7 Å². The van der Waals surface area contributed by atoms with Gasteiger partial charge < -0.3 is 4.90 Å². The summed E-state index contributed by atoms with van der Waals surface area (Å²) in [5.74, 6) is 1.10. The van der Waals surface area contributed by atoms with Crippen LogP contribution >= 0.6 is 0 Å². The van der Waals surface area contributed by atoms with Crippen LogP contribution in [0.2, 0.25) is 0 Å². The standard InChI is InChI=1S/C18H26N6/c1-14-11-15(21-22(14)2)12-23-9-6-17(7-10-23)24(16-3-4-16)18-5-8-19-13-20-18/h5,8,11,13,16-17H,3-4,6-7,9-10,12H2,1-2H3. The van der Waals surface area contributed by atoms with Gasteiger partial charge in [-0.25, -0.2) is 9.97 Å². The Morgan fingerprint density at radius 2 is 1.92 bits per heavy atom. The van der Waals surface area contributed by atoms with Crippen LogP contribution in [0.4, 0.5) is 5.82 Å². The van der Waals surface area contributed by atoms with E-state index in [0.717, 1.165) is 25.5 Å². The van der Waals surface area contributed by atoms with E-state index >= 15 is 0 Å². The molecule has 1 aliphatic carbocycles. The number of nitrogens with zero attached hydrogens (tertiary/aromatic N) is 6. The smallest absolute Gasteiger partial charge is 0.132 e. The number of likely N-dealkylation sites (tertiary alicyclic amines) is 1. The van der Waals surface area contributed by atoms with Crippen molar-refractivity contribution in [3.63, 3.8) is 0 Å². The molecule has 0 unspecified atom stereocenters. The Kier molecular flexibility index (Phi) is 4.22. The molecule has 6 heteroatoms. The summed E-state index contributed by atoms with van der Waals surface area (Å²) in [5, 5.41) is 4.59. The van der Waals surface area contributed by atoms with Gasteiger partial charge in [0.2, 0.25) is 0 Å². The predicted molar refractivity (Wildman–Crippen MR) is 93.8 cm³/mol. The molecule has 2 aromatic heterocycles. The van der Waals surface area contributed by atoms with Crippen LogP contribution < -0.4 is 4.90 Å². The Balaban J connectivity index is 1.38.